The van der Waals surface area contributed by atoms with E-state index in [0.29, 0.717) is 0 Å². The molecule has 0 radical (unpaired) electrons. The molecule has 0 spiro atoms. The van der Waals surface area contributed by atoms with E-state index in [0.717, 1.165) is 57.3 Å². The molecule has 0 bridgehead atoms. The lowest BCUT2D eigenvalue weighted by atomic mass is 9.82. The lowest BCUT2D eigenvalue weighted by Gasteiger charge is -2.29. The summed E-state index contributed by atoms with van der Waals surface area (Å²) in [7, 11) is 0. The van der Waals surface area contributed by atoms with Gasteiger partial charge in [0.1, 0.15) is 11.2 Å². The molecule has 0 unspecified atom stereocenters. The largest absolute Gasteiger partial charge is 0.455 e. The molecule has 0 N–H and O–H groups in total. The highest BCUT2D eigenvalue weighted by atomic mass is 16.3. The van der Waals surface area contributed by atoms with E-state index in [1.165, 1.54) is 93.9 Å². The molecule has 9 aromatic carbocycles. The predicted octanol–water partition coefficient (Wildman–Crippen LogP) is 16.5. The molecule has 1 aliphatic carbocycles. The van der Waals surface area contributed by atoms with Crippen molar-refractivity contribution >= 4 is 66.4 Å². The maximum atomic E-state index is 6.50. The van der Waals surface area contributed by atoms with Crippen LogP contribution in [0.25, 0.3) is 82.8 Å². The quantitative estimate of drug-likeness (QED) is 0.166. The molecule has 4 heterocycles. The number of aromatic nitrogens is 1. The van der Waals surface area contributed by atoms with Gasteiger partial charge >= 0.3 is 0 Å². The van der Waals surface area contributed by atoms with Crippen molar-refractivity contribution in [1.29, 1.82) is 0 Å². The SMILES string of the molecule is C/C1=c2/cccc3c4ccccc4/c(n23)=C(\c2ccccc2)CCc2ccc(-c3ccc(N(c4ccc(-c5cccc6c5oc5ccccc56)cc4)c4cccc5c4-c4ccccc4C5(C)C)cc3)cc21. The van der Waals surface area contributed by atoms with E-state index in [1.54, 1.807) is 0 Å². The van der Waals surface area contributed by atoms with Crippen LogP contribution in [0, 0.1) is 0 Å². The number of hydrogen-bond acceptors (Lipinski definition) is 2. The zero-order valence-corrected chi connectivity index (χ0v) is 40.1. The number of pyridine rings is 1. The molecule has 3 aromatic heterocycles. The highest BCUT2D eigenvalue weighted by Crippen LogP contribution is 2.54. The molecule has 14 rings (SSSR count). The Bertz CT molecular complexity index is 4250. The molecule has 338 valence electrons. The van der Waals surface area contributed by atoms with Crippen LogP contribution in [-0.2, 0) is 11.8 Å². The summed E-state index contributed by atoms with van der Waals surface area (Å²) in [6.45, 7) is 7.04. The van der Waals surface area contributed by atoms with Crippen LogP contribution in [0.1, 0.15) is 55.0 Å². The van der Waals surface area contributed by atoms with Gasteiger partial charge in [0.25, 0.3) is 0 Å². The van der Waals surface area contributed by atoms with Crippen LogP contribution in [0.4, 0.5) is 17.1 Å². The highest BCUT2D eigenvalue weighted by Gasteiger charge is 2.37. The number of para-hydroxylation sites is 2. The van der Waals surface area contributed by atoms with Gasteiger partial charge in [-0.1, -0.05) is 184 Å². The average molecular weight is 911 g/mol. The van der Waals surface area contributed by atoms with Crippen molar-refractivity contribution in [3.05, 3.63) is 263 Å². The van der Waals surface area contributed by atoms with Crippen molar-refractivity contribution in [2.45, 2.75) is 39.0 Å². The van der Waals surface area contributed by atoms with Gasteiger partial charge < -0.3 is 13.7 Å². The Labute approximate surface area is 413 Å². The van der Waals surface area contributed by atoms with Crippen molar-refractivity contribution < 1.29 is 4.42 Å². The van der Waals surface area contributed by atoms with Gasteiger partial charge in [-0.3, -0.25) is 0 Å². The molecule has 0 atom stereocenters. The summed E-state index contributed by atoms with van der Waals surface area (Å²) in [6.07, 6.45) is 1.87. The minimum Gasteiger partial charge on any atom is -0.455 e. The van der Waals surface area contributed by atoms with Gasteiger partial charge in [0.05, 0.1) is 16.6 Å². The second kappa shape index (κ2) is 15.9. The Morgan fingerprint density at radius 3 is 1.92 bits per heavy atom. The van der Waals surface area contributed by atoms with Crippen molar-refractivity contribution in [2.75, 3.05) is 4.90 Å². The van der Waals surface area contributed by atoms with Crippen LogP contribution in [-0.4, -0.2) is 4.40 Å². The van der Waals surface area contributed by atoms with Gasteiger partial charge in [-0.15, -0.1) is 0 Å². The third-order valence-electron chi connectivity index (χ3n) is 15.7. The van der Waals surface area contributed by atoms with Gasteiger partial charge in [0, 0.05) is 54.8 Å². The van der Waals surface area contributed by atoms with E-state index in [2.05, 4.69) is 248 Å². The average Bonchev–Trinajstić information content (AvgIpc) is 4.06. The zero-order valence-electron chi connectivity index (χ0n) is 40.1. The van der Waals surface area contributed by atoms with E-state index >= 15 is 0 Å². The maximum Gasteiger partial charge on any atom is 0.143 e. The molecule has 12 aromatic rings. The topological polar surface area (TPSA) is 20.8 Å². The normalized spacial score (nSPS) is 15.3. The van der Waals surface area contributed by atoms with E-state index in [1.807, 2.05) is 6.07 Å². The van der Waals surface area contributed by atoms with Crippen molar-refractivity contribution in [1.82, 2.24) is 4.40 Å². The molecule has 0 amide bonds. The molecular formula is C68H50N2O. The minimum atomic E-state index is -0.131. The van der Waals surface area contributed by atoms with Crippen LogP contribution in [0.15, 0.2) is 229 Å². The number of fused-ring (bicyclic) bond motifs is 10. The van der Waals surface area contributed by atoms with Crippen LogP contribution >= 0.6 is 0 Å². The van der Waals surface area contributed by atoms with Gasteiger partial charge in [0.15, 0.2) is 0 Å². The Kier molecular flexibility index (Phi) is 9.28. The Hall–Kier alpha value is -8.66. The number of rotatable bonds is 6. The summed E-state index contributed by atoms with van der Waals surface area (Å²) in [6, 6.07) is 82.8. The standard InChI is InChI=1S/C68H50N2O/c1-43-58-42-48(31-30-47(58)36-41-51(45-16-5-4-6-17-45)66-55-20-8-7-18-53(55)62-27-15-26-61(43)70(62)66)44-32-37-49(38-33-44)69(63-28-14-25-60-65(63)57-21-9-11-24-59(57)68(60,2)3)50-39-34-46(35-40-50)52-22-13-23-56-54-19-10-12-29-64(54)71-67(52)56/h4-35,37-40,42H,36,41H2,1-3H3/b61-43+,66-51+. The molecule has 2 aliphatic rings. The van der Waals surface area contributed by atoms with Gasteiger partial charge in [-0.05, 0) is 136 Å². The lowest BCUT2D eigenvalue weighted by molar-refractivity contribution is 0.660. The molecular weight excluding hydrogens is 861 g/mol. The monoisotopic (exact) mass is 910 g/mol. The second-order valence-electron chi connectivity index (χ2n) is 19.9. The molecule has 3 nitrogen and oxygen atoms in total. The van der Waals surface area contributed by atoms with Crippen molar-refractivity contribution in [3.63, 3.8) is 0 Å². The number of benzene rings is 9. The summed E-state index contributed by atoms with van der Waals surface area (Å²) >= 11 is 0. The van der Waals surface area contributed by atoms with E-state index in [-0.39, 0.29) is 5.41 Å². The fraction of sp³-hybridized carbons (Fsp3) is 0.0882. The Balaban J connectivity index is 0.903. The first-order chi connectivity index (χ1) is 34.9. The molecule has 0 saturated carbocycles. The minimum absolute atomic E-state index is 0.131. The summed E-state index contributed by atoms with van der Waals surface area (Å²) in [5.74, 6) is 0. The fourth-order valence-corrected chi connectivity index (χ4v) is 12.3. The molecule has 71 heavy (non-hydrogen) atoms. The maximum absolute atomic E-state index is 6.50. The molecule has 3 heteroatoms. The van der Waals surface area contributed by atoms with Crippen LogP contribution in [0.2, 0.25) is 0 Å². The first-order valence-electron chi connectivity index (χ1n) is 25.0. The van der Waals surface area contributed by atoms with Crippen LogP contribution in [0.3, 0.4) is 0 Å². The fourth-order valence-electron chi connectivity index (χ4n) is 12.3. The molecule has 0 saturated heterocycles. The number of hydrogen-bond donors (Lipinski definition) is 0. The summed E-state index contributed by atoms with van der Waals surface area (Å²) in [4.78, 5) is 2.45. The highest BCUT2D eigenvalue weighted by molar-refractivity contribution is 6.09. The van der Waals surface area contributed by atoms with E-state index in [4.69, 9.17) is 4.42 Å². The molecule has 0 fully saturated rings. The van der Waals surface area contributed by atoms with E-state index in [9.17, 15) is 0 Å². The number of aryl methyl sites for hydroxylation is 1. The third kappa shape index (κ3) is 6.36. The van der Waals surface area contributed by atoms with Crippen molar-refractivity contribution in [3.8, 4) is 33.4 Å². The van der Waals surface area contributed by atoms with Crippen LogP contribution < -0.4 is 15.6 Å². The van der Waals surface area contributed by atoms with Gasteiger partial charge in [0.2, 0.25) is 0 Å². The first kappa shape index (κ1) is 41.3. The van der Waals surface area contributed by atoms with Gasteiger partial charge in [-0.25, -0.2) is 0 Å². The smallest absolute Gasteiger partial charge is 0.143 e. The second-order valence-corrected chi connectivity index (χ2v) is 19.9. The lowest BCUT2D eigenvalue weighted by Crippen LogP contribution is -2.27. The number of nitrogens with zero attached hydrogens (tertiary/aromatic N) is 2. The molecule has 1 aliphatic heterocycles. The summed E-state index contributed by atoms with van der Waals surface area (Å²) < 4.78 is 9.05. The Morgan fingerprint density at radius 1 is 0.465 bits per heavy atom. The third-order valence-corrected chi connectivity index (χ3v) is 15.7. The van der Waals surface area contributed by atoms with E-state index < -0.39 is 0 Å². The number of furan rings is 1. The zero-order chi connectivity index (χ0) is 47.4. The van der Waals surface area contributed by atoms with Crippen LogP contribution in [0.5, 0.6) is 0 Å². The van der Waals surface area contributed by atoms with Crippen molar-refractivity contribution in [2.24, 2.45) is 0 Å². The predicted molar refractivity (Wildman–Crippen MR) is 296 cm³/mol. The summed E-state index contributed by atoms with van der Waals surface area (Å²) in [5.41, 5.74) is 22.8. The summed E-state index contributed by atoms with van der Waals surface area (Å²) in [5, 5.41) is 7.40. The Morgan fingerprint density at radius 2 is 1.10 bits per heavy atom. The van der Waals surface area contributed by atoms with Gasteiger partial charge in [-0.2, -0.15) is 0 Å². The number of anilines is 3. The first-order valence-corrected chi connectivity index (χ1v) is 25.0.